The second kappa shape index (κ2) is 5.73. The number of carbonyl (C=O) groups is 3. The van der Waals surface area contributed by atoms with E-state index in [1.165, 1.54) is 21.9 Å². The molecule has 1 aliphatic rings. The van der Waals surface area contributed by atoms with Gasteiger partial charge in [-0.3, -0.25) is 9.59 Å². The summed E-state index contributed by atoms with van der Waals surface area (Å²) in [6.45, 7) is 3.59. The van der Waals surface area contributed by atoms with Crippen molar-refractivity contribution in [2.24, 2.45) is 0 Å². The SMILES string of the molecule is CCN1CCN(Cc2cccc(C(=O)O)c2)C(=O)C1=O. The molecule has 1 saturated heterocycles. The van der Waals surface area contributed by atoms with Gasteiger partial charge in [0.05, 0.1) is 5.56 Å². The van der Waals surface area contributed by atoms with Crippen molar-refractivity contribution in [3.8, 4) is 0 Å². The molecule has 0 saturated carbocycles. The molecule has 1 aromatic carbocycles. The Morgan fingerprint density at radius 3 is 2.50 bits per heavy atom. The molecule has 6 heteroatoms. The third-order valence-corrected chi connectivity index (χ3v) is 3.33. The van der Waals surface area contributed by atoms with Crippen LogP contribution in [-0.4, -0.2) is 52.3 Å². The highest BCUT2D eigenvalue weighted by atomic mass is 16.4. The van der Waals surface area contributed by atoms with Crippen molar-refractivity contribution in [3.05, 3.63) is 35.4 Å². The van der Waals surface area contributed by atoms with E-state index in [2.05, 4.69) is 0 Å². The van der Waals surface area contributed by atoms with Crippen LogP contribution in [-0.2, 0) is 16.1 Å². The number of amides is 2. The lowest BCUT2D eigenvalue weighted by Gasteiger charge is -2.33. The second-order valence-electron chi connectivity index (χ2n) is 4.62. The normalized spacial score (nSPS) is 15.7. The number of hydrogen-bond acceptors (Lipinski definition) is 3. The van der Waals surface area contributed by atoms with Gasteiger partial charge in [-0.05, 0) is 24.6 Å². The average molecular weight is 276 g/mol. The van der Waals surface area contributed by atoms with Crippen molar-refractivity contribution in [1.82, 2.24) is 9.80 Å². The van der Waals surface area contributed by atoms with Gasteiger partial charge in [-0.1, -0.05) is 12.1 Å². The van der Waals surface area contributed by atoms with Crippen LogP contribution in [0.2, 0.25) is 0 Å². The Labute approximate surface area is 116 Å². The van der Waals surface area contributed by atoms with E-state index in [-0.39, 0.29) is 12.1 Å². The van der Waals surface area contributed by atoms with Crippen LogP contribution in [0.3, 0.4) is 0 Å². The molecule has 106 valence electrons. The molecule has 1 N–H and O–H groups in total. The molecule has 2 rings (SSSR count). The summed E-state index contributed by atoms with van der Waals surface area (Å²) < 4.78 is 0. The first-order valence-corrected chi connectivity index (χ1v) is 6.43. The molecular weight excluding hydrogens is 260 g/mol. The summed E-state index contributed by atoms with van der Waals surface area (Å²) in [5.41, 5.74) is 0.879. The maximum Gasteiger partial charge on any atom is 0.335 e. The Hall–Kier alpha value is -2.37. The van der Waals surface area contributed by atoms with Gasteiger partial charge in [0.15, 0.2) is 0 Å². The van der Waals surface area contributed by atoms with Gasteiger partial charge >= 0.3 is 17.8 Å². The van der Waals surface area contributed by atoms with Crippen LogP contribution in [0.15, 0.2) is 24.3 Å². The topological polar surface area (TPSA) is 77.9 Å². The number of carboxylic acid groups (broad SMARTS) is 1. The van der Waals surface area contributed by atoms with Crippen LogP contribution >= 0.6 is 0 Å². The second-order valence-corrected chi connectivity index (χ2v) is 4.62. The van der Waals surface area contributed by atoms with E-state index >= 15 is 0 Å². The zero-order chi connectivity index (χ0) is 14.7. The summed E-state index contributed by atoms with van der Waals surface area (Å²) in [6.07, 6.45) is 0. The van der Waals surface area contributed by atoms with E-state index in [1.54, 1.807) is 12.1 Å². The summed E-state index contributed by atoms with van der Waals surface area (Å²) >= 11 is 0. The van der Waals surface area contributed by atoms with Gasteiger partial charge in [0, 0.05) is 26.2 Å². The molecule has 0 spiro atoms. The summed E-state index contributed by atoms with van der Waals surface area (Å²) in [4.78, 5) is 37.6. The Bertz CT molecular complexity index is 556. The third-order valence-electron chi connectivity index (χ3n) is 3.33. The first-order valence-electron chi connectivity index (χ1n) is 6.43. The monoisotopic (exact) mass is 276 g/mol. The lowest BCUT2D eigenvalue weighted by atomic mass is 10.1. The van der Waals surface area contributed by atoms with E-state index in [1.807, 2.05) is 6.92 Å². The van der Waals surface area contributed by atoms with E-state index in [0.717, 1.165) is 0 Å². The molecule has 0 aromatic heterocycles. The van der Waals surface area contributed by atoms with Gasteiger partial charge in [-0.2, -0.15) is 0 Å². The van der Waals surface area contributed by atoms with Crippen LogP contribution in [0.5, 0.6) is 0 Å². The molecule has 0 atom stereocenters. The number of carboxylic acids is 1. The molecule has 0 bridgehead atoms. The number of likely N-dealkylation sites (N-methyl/N-ethyl adjacent to an activating group) is 1. The molecule has 1 aromatic rings. The summed E-state index contributed by atoms with van der Waals surface area (Å²) in [6, 6.07) is 6.39. The lowest BCUT2D eigenvalue weighted by Crippen LogP contribution is -2.53. The summed E-state index contributed by atoms with van der Waals surface area (Å²) in [5.74, 6) is -2.03. The van der Waals surface area contributed by atoms with Crippen LogP contribution < -0.4 is 0 Å². The van der Waals surface area contributed by atoms with Crippen molar-refractivity contribution in [2.75, 3.05) is 19.6 Å². The molecule has 0 aliphatic carbocycles. The molecule has 2 amide bonds. The molecule has 1 aliphatic heterocycles. The van der Waals surface area contributed by atoms with Gasteiger partial charge in [-0.25, -0.2) is 4.79 Å². The number of aromatic carboxylic acids is 1. The highest BCUT2D eigenvalue weighted by Crippen LogP contribution is 2.12. The quantitative estimate of drug-likeness (QED) is 0.816. The number of nitrogens with zero attached hydrogens (tertiary/aromatic N) is 2. The largest absolute Gasteiger partial charge is 0.478 e. The fourth-order valence-electron chi connectivity index (χ4n) is 2.19. The van der Waals surface area contributed by atoms with Crippen LogP contribution in [0.4, 0.5) is 0 Å². The molecule has 1 heterocycles. The molecule has 6 nitrogen and oxygen atoms in total. The molecule has 1 fully saturated rings. The Balaban J connectivity index is 2.11. The van der Waals surface area contributed by atoms with Gasteiger partial charge in [0.2, 0.25) is 0 Å². The van der Waals surface area contributed by atoms with E-state index in [9.17, 15) is 14.4 Å². The minimum Gasteiger partial charge on any atom is -0.478 e. The fourth-order valence-corrected chi connectivity index (χ4v) is 2.19. The van der Waals surface area contributed by atoms with Crippen LogP contribution in [0.25, 0.3) is 0 Å². The minimum atomic E-state index is -1.01. The molecule has 0 unspecified atom stereocenters. The van der Waals surface area contributed by atoms with Crippen molar-refractivity contribution in [3.63, 3.8) is 0 Å². The summed E-state index contributed by atoms with van der Waals surface area (Å²) in [7, 11) is 0. The standard InChI is InChI=1S/C14H16N2O4/c1-2-15-6-7-16(13(18)12(15)17)9-10-4-3-5-11(8-10)14(19)20/h3-5,8H,2,6-7,9H2,1H3,(H,19,20). The first-order chi connectivity index (χ1) is 9.52. The molecule has 0 radical (unpaired) electrons. The maximum absolute atomic E-state index is 11.9. The third kappa shape index (κ3) is 2.79. The lowest BCUT2D eigenvalue weighted by molar-refractivity contribution is -0.156. The summed E-state index contributed by atoms with van der Waals surface area (Å²) in [5, 5.41) is 8.93. The number of piperazine rings is 1. The van der Waals surface area contributed by atoms with Gasteiger partial charge in [0.25, 0.3) is 0 Å². The van der Waals surface area contributed by atoms with Crippen LogP contribution in [0, 0.1) is 0 Å². The van der Waals surface area contributed by atoms with Gasteiger partial charge < -0.3 is 14.9 Å². The number of carbonyl (C=O) groups excluding carboxylic acids is 2. The van der Waals surface area contributed by atoms with Crippen molar-refractivity contribution in [2.45, 2.75) is 13.5 Å². The first kappa shape index (κ1) is 14.0. The highest BCUT2D eigenvalue weighted by molar-refractivity contribution is 6.35. The highest BCUT2D eigenvalue weighted by Gasteiger charge is 2.31. The predicted molar refractivity (Wildman–Crippen MR) is 71.1 cm³/mol. The maximum atomic E-state index is 11.9. The van der Waals surface area contributed by atoms with E-state index in [0.29, 0.717) is 25.2 Å². The fraction of sp³-hybridized carbons (Fsp3) is 0.357. The smallest absolute Gasteiger partial charge is 0.335 e. The predicted octanol–water partition coefficient (Wildman–Crippen LogP) is 0.575. The number of hydrogen-bond donors (Lipinski definition) is 1. The van der Waals surface area contributed by atoms with Crippen molar-refractivity contribution < 1.29 is 19.5 Å². The Morgan fingerprint density at radius 1 is 1.20 bits per heavy atom. The molecule has 20 heavy (non-hydrogen) atoms. The van der Waals surface area contributed by atoms with Crippen LogP contribution in [0.1, 0.15) is 22.8 Å². The van der Waals surface area contributed by atoms with Crippen molar-refractivity contribution in [1.29, 1.82) is 0 Å². The number of rotatable bonds is 4. The number of benzene rings is 1. The zero-order valence-corrected chi connectivity index (χ0v) is 11.2. The molecular formula is C14H16N2O4. The van der Waals surface area contributed by atoms with Gasteiger partial charge in [0.1, 0.15) is 0 Å². The van der Waals surface area contributed by atoms with E-state index in [4.69, 9.17) is 5.11 Å². The zero-order valence-electron chi connectivity index (χ0n) is 11.2. The van der Waals surface area contributed by atoms with E-state index < -0.39 is 17.8 Å². The van der Waals surface area contributed by atoms with Crippen molar-refractivity contribution >= 4 is 17.8 Å². The van der Waals surface area contributed by atoms with Gasteiger partial charge in [-0.15, -0.1) is 0 Å². The average Bonchev–Trinajstić information content (AvgIpc) is 2.44. The minimum absolute atomic E-state index is 0.175. The Morgan fingerprint density at radius 2 is 1.85 bits per heavy atom. The Kier molecular flexibility index (Phi) is 4.02.